The Bertz CT molecular complexity index is 253. The minimum Gasteiger partial charge on any atom is -0.481 e. The van der Waals surface area contributed by atoms with Crippen molar-refractivity contribution >= 4 is 5.97 Å². The van der Waals surface area contributed by atoms with E-state index in [1.807, 2.05) is 0 Å². The topological polar surface area (TPSA) is 40.5 Å². The summed E-state index contributed by atoms with van der Waals surface area (Å²) < 4.78 is 0. The first kappa shape index (κ1) is 14.5. The molecule has 0 aliphatic heterocycles. The number of aliphatic carboxylic acids is 1. The van der Waals surface area contributed by atoms with Gasteiger partial charge in [0.1, 0.15) is 0 Å². The summed E-state index contributed by atoms with van der Waals surface area (Å²) in [5, 5.41) is 8.83. The van der Waals surface area contributed by atoms with Gasteiger partial charge in [-0.05, 0) is 32.1 Å². The van der Waals surface area contributed by atoms with Gasteiger partial charge in [0.2, 0.25) is 0 Å². The predicted molar refractivity (Wildman–Crippen MR) is 70.1 cm³/mol. The van der Waals surface area contributed by atoms with E-state index in [4.69, 9.17) is 5.11 Å². The van der Waals surface area contributed by atoms with Gasteiger partial charge in [0, 0.05) is 18.6 Å². The smallest absolute Gasteiger partial charge is 0.304 e. The van der Waals surface area contributed by atoms with Crippen molar-refractivity contribution in [1.29, 1.82) is 0 Å². The summed E-state index contributed by atoms with van der Waals surface area (Å²) in [6, 6.07) is 1.00. The van der Waals surface area contributed by atoms with Gasteiger partial charge < -0.3 is 5.11 Å². The van der Waals surface area contributed by atoms with Gasteiger partial charge in [0.15, 0.2) is 0 Å². The second-order valence-corrected chi connectivity index (χ2v) is 5.81. The van der Waals surface area contributed by atoms with E-state index in [-0.39, 0.29) is 6.42 Å². The van der Waals surface area contributed by atoms with Crippen molar-refractivity contribution in [2.24, 2.45) is 11.8 Å². The fourth-order valence-electron chi connectivity index (χ4n) is 3.05. The van der Waals surface area contributed by atoms with Gasteiger partial charge in [0.05, 0.1) is 6.42 Å². The summed E-state index contributed by atoms with van der Waals surface area (Å²) in [5.74, 6) is 0.756. The molecule has 0 spiro atoms. The first-order valence-electron chi connectivity index (χ1n) is 6.91. The summed E-state index contributed by atoms with van der Waals surface area (Å²) in [6.45, 7) is 9.69. The highest BCUT2D eigenvalue weighted by Crippen LogP contribution is 2.33. The first-order chi connectivity index (χ1) is 7.93. The van der Waals surface area contributed by atoms with E-state index >= 15 is 0 Å². The molecule has 0 aromatic carbocycles. The molecule has 1 N–H and O–H groups in total. The third-order valence-corrected chi connectivity index (χ3v) is 4.34. The molecule has 3 nitrogen and oxygen atoms in total. The molecule has 3 unspecified atom stereocenters. The monoisotopic (exact) mass is 241 g/mol. The molecule has 100 valence electrons. The molecular weight excluding hydrogens is 214 g/mol. The summed E-state index contributed by atoms with van der Waals surface area (Å²) >= 11 is 0. The summed E-state index contributed by atoms with van der Waals surface area (Å²) in [6.07, 6.45) is 4.09. The van der Waals surface area contributed by atoms with Crippen molar-refractivity contribution in [3.8, 4) is 0 Å². The van der Waals surface area contributed by atoms with Gasteiger partial charge in [-0.2, -0.15) is 0 Å². The molecule has 17 heavy (non-hydrogen) atoms. The van der Waals surface area contributed by atoms with Gasteiger partial charge in [-0.3, -0.25) is 9.69 Å². The highest BCUT2D eigenvalue weighted by atomic mass is 16.4. The number of rotatable bonds is 5. The normalized spacial score (nSPS) is 29.9. The highest BCUT2D eigenvalue weighted by molar-refractivity contribution is 5.66. The average Bonchev–Trinajstić information content (AvgIpc) is 2.23. The van der Waals surface area contributed by atoms with Gasteiger partial charge >= 0.3 is 5.97 Å². The molecule has 1 saturated carbocycles. The van der Waals surface area contributed by atoms with Crippen LogP contribution in [0.15, 0.2) is 0 Å². The van der Waals surface area contributed by atoms with E-state index < -0.39 is 5.97 Å². The average molecular weight is 241 g/mol. The molecule has 0 amide bonds. The van der Waals surface area contributed by atoms with E-state index in [9.17, 15) is 4.79 Å². The fraction of sp³-hybridized carbons (Fsp3) is 0.929. The Morgan fingerprint density at radius 2 is 2.00 bits per heavy atom. The minimum atomic E-state index is -0.688. The second-order valence-electron chi connectivity index (χ2n) is 5.81. The molecular formula is C14H27NO2. The maximum absolute atomic E-state index is 10.7. The quantitative estimate of drug-likeness (QED) is 0.804. The maximum Gasteiger partial charge on any atom is 0.304 e. The second kappa shape index (κ2) is 6.39. The Balaban J connectivity index is 2.65. The van der Waals surface area contributed by atoms with Crippen LogP contribution in [0.1, 0.15) is 53.4 Å². The van der Waals surface area contributed by atoms with Crippen molar-refractivity contribution in [3.63, 3.8) is 0 Å². The van der Waals surface area contributed by atoms with Crippen molar-refractivity contribution < 1.29 is 9.90 Å². The predicted octanol–water partition coefficient (Wildman–Crippen LogP) is 3.00. The zero-order chi connectivity index (χ0) is 13.0. The Labute approximate surface area is 105 Å². The molecule has 0 aromatic rings. The van der Waals surface area contributed by atoms with Crippen molar-refractivity contribution in [2.75, 3.05) is 6.54 Å². The van der Waals surface area contributed by atoms with E-state index in [0.29, 0.717) is 24.5 Å². The molecule has 1 aliphatic rings. The van der Waals surface area contributed by atoms with Crippen LogP contribution >= 0.6 is 0 Å². The SMILES string of the molecule is CC1CCCC(N(CCC(=O)O)C(C)C)C1C. The molecule has 0 radical (unpaired) electrons. The molecule has 1 fully saturated rings. The summed E-state index contributed by atoms with van der Waals surface area (Å²) in [5.41, 5.74) is 0. The molecule has 1 aliphatic carbocycles. The fourth-order valence-corrected chi connectivity index (χ4v) is 3.05. The van der Waals surface area contributed by atoms with Gasteiger partial charge in [0.25, 0.3) is 0 Å². The van der Waals surface area contributed by atoms with Crippen LogP contribution in [0, 0.1) is 11.8 Å². The molecule has 0 bridgehead atoms. The Morgan fingerprint density at radius 1 is 1.35 bits per heavy atom. The van der Waals surface area contributed by atoms with E-state index in [0.717, 1.165) is 5.92 Å². The first-order valence-corrected chi connectivity index (χ1v) is 6.91. The third-order valence-electron chi connectivity index (χ3n) is 4.34. The van der Waals surface area contributed by atoms with E-state index in [1.165, 1.54) is 19.3 Å². The number of nitrogens with zero attached hydrogens (tertiary/aromatic N) is 1. The van der Waals surface area contributed by atoms with Crippen LogP contribution in [0.2, 0.25) is 0 Å². The van der Waals surface area contributed by atoms with Crippen LogP contribution in [0.3, 0.4) is 0 Å². The van der Waals surface area contributed by atoms with Crippen LogP contribution in [0.4, 0.5) is 0 Å². The molecule has 3 heteroatoms. The lowest BCUT2D eigenvalue weighted by molar-refractivity contribution is -0.137. The van der Waals surface area contributed by atoms with Crippen LogP contribution in [0.5, 0.6) is 0 Å². The number of hydrogen-bond acceptors (Lipinski definition) is 2. The van der Waals surface area contributed by atoms with Crippen LogP contribution in [0.25, 0.3) is 0 Å². The van der Waals surface area contributed by atoms with Crippen LogP contribution < -0.4 is 0 Å². The van der Waals surface area contributed by atoms with Crippen LogP contribution in [-0.2, 0) is 4.79 Å². The number of carboxylic acids is 1. The number of carbonyl (C=O) groups is 1. The van der Waals surface area contributed by atoms with Crippen molar-refractivity contribution in [1.82, 2.24) is 4.90 Å². The third kappa shape index (κ3) is 3.98. The highest BCUT2D eigenvalue weighted by Gasteiger charge is 2.32. The minimum absolute atomic E-state index is 0.260. The number of carboxylic acid groups (broad SMARTS) is 1. The van der Waals surface area contributed by atoms with Gasteiger partial charge in [-0.25, -0.2) is 0 Å². The van der Waals surface area contributed by atoms with E-state index in [1.54, 1.807) is 0 Å². The van der Waals surface area contributed by atoms with Crippen molar-refractivity contribution in [3.05, 3.63) is 0 Å². The molecule has 0 saturated heterocycles. The lowest BCUT2D eigenvalue weighted by Crippen LogP contribution is -2.48. The molecule has 1 rings (SSSR count). The zero-order valence-corrected chi connectivity index (χ0v) is 11.6. The lowest BCUT2D eigenvalue weighted by Gasteiger charge is -2.43. The Hall–Kier alpha value is -0.570. The van der Waals surface area contributed by atoms with Gasteiger partial charge in [-0.1, -0.05) is 26.7 Å². The molecule has 0 heterocycles. The van der Waals surface area contributed by atoms with Crippen molar-refractivity contribution in [2.45, 2.75) is 65.5 Å². The Morgan fingerprint density at radius 3 is 2.53 bits per heavy atom. The maximum atomic E-state index is 10.7. The molecule has 3 atom stereocenters. The molecule has 0 aromatic heterocycles. The number of hydrogen-bond donors (Lipinski definition) is 1. The Kier molecular flexibility index (Phi) is 5.44. The lowest BCUT2D eigenvalue weighted by atomic mass is 9.77. The standard InChI is InChI=1S/C14H27NO2/c1-10(2)15(9-8-14(16)17)13-7-5-6-11(3)12(13)4/h10-13H,5-9H2,1-4H3,(H,16,17). The van der Waals surface area contributed by atoms with Crippen LogP contribution in [-0.4, -0.2) is 34.6 Å². The largest absolute Gasteiger partial charge is 0.481 e. The van der Waals surface area contributed by atoms with E-state index in [2.05, 4.69) is 32.6 Å². The zero-order valence-electron chi connectivity index (χ0n) is 11.6. The summed E-state index contributed by atoms with van der Waals surface area (Å²) in [7, 11) is 0. The summed E-state index contributed by atoms with van der Waals surface area (Å²) in [4.78, 5) is 13.1. The van der Waals surface area contributed by atoms with Gasteiger partial charge in [-0.15, -0.1) is 0 Å².